The van der Waals surface area contributed by atoms with Crippen LogP contribution >= 0.6 is 7.14 Å². The zero-order chi connectivity index (χ0) is 14.9. The van der Waals surface area contributed by atoms with E-state index < -0.39 is 7.14 Å². The van der Waals surface area contributed by atoms with Crippen LogP contribution in [0.2, 0.25) is 0 Å². The maximum Gasteiger partial charge on any atom is 0.146 e. The molecule has 105 valence electrons. The molecule has 1 nitrogen and oxygen atoms in total. The lowest BCUT2D eigenvalue weighted by Crippen LogP contribution is -2.17. The molecule has 0 spiro atoms. The molecule has 2 aromatic rings. The van der Waals surface area contributed by atoms with Gasteiger partial charge in [-0.05, 0) is 52.0 Å². The second kappa shape index (κ2) is 5.58. The van der Waals surface area contributed by atoms with Gasteiger partial charge in [0.2, 0.25) is 0 Å². The molecule has 0 bridgehead atoms. The molecule has 0 aliphatic heterocycles. The summed E-state index contributed by atoms with van der Waals surface area (Å²) in [6, 6.07) is 12.4. The summed E-state index contributed by atoms with van der Waals surface area (Å²) >= 11 is 0. The van der Waals surface area contributed by atoms with Crippen molar-refractivity contribution in [2.45, 2.75) is 34.6 Å². The van der Waals surface area contributed by atoms with Gasteiger partial charge in [0.25, 0.3) is 0 Å². The van der Waals surface area contributed by atoms with Gasteiger partial charge < -0.3 is 4.57 Å². The summed E-state index contributed by atoms with van der Waals surface area (Å²) in [5, 5.41) is 1.87. The first-order valence-corrected chi connectivity index (χ1v) is 8.71. The van der Waals surface area contributed by atoms with E-state index in [1.807, 2.05) is 37.4 Å². The van der Waals surface area contributed by atoms with Gasteiger partial charge in [0.1, 0.15) is 7.14 Å². The maximum absolute atomic E-state index is 13.5. The molecule has 0 aromatic heterocycles. The van der Waals surface area contributed by atoms with Gasteiger partial charge >= 0.3 is 0 Å². The van der Waals surface area contributed by atoms with E-state index in [0.717, 1.165) is 32.9 Å². The zero-order valence-electron chi connectivity index (χ0n) is 12.9. The van der Waals surface area contributed by atoms with Crippen LogP contribution in [0.15, 0.2) is 36.4 Å². The topological polar surface area (TPSA) is 17.1 Å². The first-order valence-electron chi connectivity index (χ1n) is 6.93. The standard InChI is InChI=1S/C18H22OP/c1-6-20(19,17-9-13(2)7-14(3)10-17)18-11-15(4)8-16(5)12-18/h6-12H,1-5H3. The summed E-state index contributed by atoms with van der Waals surface area (Å²) in [7, 11) is -2.64. The Morgan fingerprint density at radius 1 is 0.700 bits per heavy atom. The highest BCUT2D eigenvalue weighted by Gasteiger charge is 2.26. The van der Waals surface area contributed by atoms with Crippen LogP contribution in [0.4, 0.5) is 0 Å². The Morgan fingerprint density at radius 3 is 1.25 bits per heavy atom. The van der Waals surface area contributed by atoms with E-state index in [4.69, 9.17) is 0 Å². The average Bonchev–Trinajstić information content (AvgIpc) is 2.35. The summed E-state index contributed by atoms with van der Waals surface area (Å²) in [6.07, 6.45) is 1.87. The monoisotopic (exact) mass is 285 g/mol. The van der Waals surface area contributed by atoms with Gasteiger partial charge in [-0.15, -0.1) is 0 Å². The van der Waals surface area contributed by atoms with Crippen molar-refractivity contribution in [3.05, 3.63) is 64.8 Å². The second-order valence-electron chi connectivity index (χ2n) is 5.61. The Morgan fingerprint density at radius 2 is 1.00 bits per heavy atom. The molecule has 0 aliphatic rings. The van der Waals surface area contributed by atoms with Crippen molar-refractivity contribution >= 4 is 17.8 Å². The molecule has 0 atom stereocenters. The van der Waals surface area contributed by atoms with Crippen molar-refractivity contribution < 1.29 is 4.57 Å². The van der Waals surface area contributed by atoms with E-state index >= 15 is 0 Å². The number of hydrogen-bond acceptors (Lipinski definition) is 1. The van der Waals surface area contributed by atoms with E-state index in [2.05, 4.69) is 39.8 Å². The van der Waals surface area contributed by atoms with E-state index in [0.29, 0.717) is 0 Å². The third kappa shape index (κ3) is 2.88. The molecule has 2 rings (SSSR count). The molecular formula is C18H22OP. The van der Waals surface area contributed by atoms with Gasteiger partial charge in [-0.3, -0.25) is 0 Å². The highest BCUT2D eigenvalue weighted by molar-refractivity contribution is 7.80. The van der Waals surface area contributed by atoms with Crippen molar-refractivity contribution in [1.29, 1.82) is 0 Å². The Kier molecular flexibility index (Phi) is 4.20. The predicted octanol–water partition coefficient (Wildman–Crippen LogP) is 4.42. The van der Waals surface area contributed by atoms with Crippen LogP contribution in [0.1, 0.15) is 29.2 Å². The molecule has 0 fully saturated rings. The first kappa shape index (κ1) is 15.1. The molecule has 0 aliphatic carbocycles. The van der Waals surface area contributed by atoms with Crippen LogP contribution in [-0.2, 0) is 4.57 Å². The molecule has 1 radical (unpaired) electrons. The fourth-order valence-electron chi connectivity index (χ4n) is 2.73. The van der Waals surface area contributed by atoms with Crippen LogP contribution in [0, 0.1) is 33.9 Å². The predicted molar refractivity (Wildman–Crippen MR) is 88.7 cm³/mol. The van der Waals surface area contributed by atoms with Crippen molar-refractivity contribution in [1.82, 2.24) is 0 Å². The van der Waals surface area contributed by atoms with Gasteiger partial charge in [0.05, 0.1) is 0 Å². The van der Waals surface area contributed by atoms with E-state index in [9.17, 15) is 4.57 Å². The Bertz CT molecular complexity index is 590. The number of rotatable bonds is 3. The zero-order valence-corrected chi connectivity index (χ0v) is 13.8. The average molecular weight is 285 g/mol. The lowest BCUT2D eigenvalue weighted by Gasteiger charge is -2.19. The molecule has 0 amide bonds. The number of benzene rings is 2. The smallest absolute Gasteiger partial charge is 0.146 e. The Labute approximate surface area is 122 Å². The quantitative estimate of drug-likeness (QED) is 0.763. The van der Waals surface area contributed by atoms with Crippen molar-refractivity contribution in [3.8, 4) is 0 Å². The molecule has 0 heterocycles. The lowest BCUT2D eigenvalue weighted by molar-refractivity contribution is 0.590. The summed E-state index contributed by atoms with van der Waals surface area (Å²) in [5.41, 5.74) is 4.64. The van der Waals surface area contributed by atoms with Gasteiger partial charge in [0, 0.05) is 16.8 Å². The molecule has 2 aromatic carbocycles. The highest BCUT2D eigenvalue weighted by Crippen LogP contribution is 2.46. The number of hydrogen-bond donors (Lipinski definition) is 0. The third-order valence-electron chi connectivity index (χ3n) is 3.54. The molecule has 0 saturated carbocycles. The first-order chi connectivity index (χ1) is 9.35. The highest BCUT2D eigenvalue weighted by atomic mass is 31.2. The van der Waals surface area contributed by atoms with Gasteiger partial charge in [0.15, 0.2) is 0 Å². The van der Waals surface area contributed by atoms with Crippen molar-refractivity contribution in [3.63, 3.8) is 0 Å². The van der Waals surface area contributed by atoms with Crippen LogP contribution in [0.5, 0.6) is 0 Å². The van der Waals surface area contributed by atoms with Crippen LogP contribution < -0.4 is 10.6 Å². The fourth-order valence-corrected chi connectivity index (χ4v) is 5.21. The fraction of sp³-hybridized carbons (Fsp3) is 0.278. The molecule has 2 heteroatoms. The largest absolute Gasteiger partial charge is 0.313 e. The minimum atomic E-state index is -2.64. The van der Waals surface area contributed by atoms with Gasteiger partial charge in [-0.1, -0.05) is 41.3 Å². The summed E-state index contributed by atoms with van der Waals surface area (Å²) in [4.78, 5) is 0. The maximum atomic E-state index is 13.5. The molecular weight excluding hydrogens is 263 g/mol. The van der Waals surface area contributed by atoms with Gasteiger partial charge in [-0.2, -0.15) is 0 Å². The molecule has 20 heavy (non-hydrogen) atoms. The minimum Gasteiger partial charge on any atom is -0.313 e. The van der Waals surface area contributed by atoms with Crippen molar-refractivity contribution in [2.75, 3.05) is 0 Å². The molecule has 0 saturated heterocycles. The van der Waals surface area contributed by atoms with E-state index in [-0.39, 0.29) is 0 Å². The van der Waals surface area contributed by atoms with Crippen LogP contribution in [0.3, 0.4) is 0 Å². The van der Waals surface area contributed by atoms with Crippen LogP contribution in [-0.4, -0.2) is 0 Å². The SMILES string of the molecule is C[CH]P(=O)(c1cc(C)cc(C)c1)c1cc(C)cc(C)c1. The van der Waals surface area contributed by atoms with Crippen LogP contribution in [0.25, 0.3) is 0 Å². The Hall–Kier alpha value is -1.33. The molecule has 0 N–H and O–H groups in total. The molecule has 0 unspecified atom stereocenters. The second-order valence-corrected chi connectivity index (χ2v) is 8.47. The normalized spacial score (nSPS) is 11.7. The Balaban J connectivity index is 2.66. The van der Waals surface area contributed by atoms with E-state index in [1.165, 1.54) is 0 Å². The minimum absolute atomic E-state index is 0.933. The van der Waals surface area contributed by atoms with E-state index in [1.54, 1.807) is 0 Å². The van der Waals surface area contributed by atoms with Crippen molar-refractivity contribution in [2.24, 2.45) is 0 Å². The number of aryl methyl sites for hydroxylation is 4. The lowest BCUT2D eigenvalue weighted by atomic mass is 10.2. The summed E-state index contributed by atoms with van der Waals surface area (Å²) < 4.78 is 13.5. The van der Waals surface area contributed by atoms with Gasteiger partial charge in [-0.25, -0.2) is 0 Å². The summed E-state index contributed by atoms with van der Waals surface area (Å²) in [5.74, 6) is 0. The summed E-state index contributed by atoms with van der Waals surface area (Å²) in [6.45, 7) is 10.1. The third-order valence-corrected chi connectivity index (χ3v) is 6.32.